The number of anilines is 2. The van der Waals surface area contributed by atoms with Crippen LogP contribution in [0.1, 0.15) is 6.92 Å². The zero-order valence-electron chi connectivity index (χ0n) is 17.5. The number of nitrogens with zero attached hydrogens (tertiary/aromatic N) is 2. The van der Waals surface area contributed by atoms with Gasteiger partial charge in [-0.05, 0) is 38.2 Å². The maximum atomic E-state index is 12.6. The van der Waals surface area contributed by atoms with Crippen LogP contribution in [0.3, 0.4) is 0 Å². The van der Waals surface area contributed by atoms with E-state index in [1.54, 1.807) is 32.2 Å². The number of benzene rings is 2. The Morgan fingerprint density at radius 3 is 2.26 bits per heavy atom. The summed E-state index contributed by atoms with van der Waals surface area (Å²) in [5.41, 5.74) is 0.383. The third-order valence-corrected chi connectivity index (χ3v) is 4.76. The fourth-order valence-corrected chi connectivity index (χ4v) is 2.85. The van der Waals surface area contributed by atoms with E-state index in [2.05, 4.69) is 10.6 Å². The van der Waals surface area contributed by atoms with Crippen LogP contribution in [0.4, 0.5) is 17.1 Å². The Kier molecular flexibility index (Phi) is 8.17. The molecule has 2 amide bonds. The maximum absolute atomic E-state index is 12.6. The largest absolute Gasteiger partial charge is 0.495 e. The molecule has 0 aliphatic carbocycles. The highest BCUT2D eigenvalue weighted by Gasteiger charge is 2.23. The summed E-state index contributed by atoms with van der Waals surface area (Å²) in [5, 5.41) is 16.7. The fourth-order valence-electron chi connectivity index (χ4n) is 2.68. The van der Waals surface area contributed by atoms with E-state index in [9.17, 15) is 19.7 Å². The van der Waals surface area contributed by atoms with Crippen LogP contribution in [0.2, 0.25) is 5.02 Å². The van der Waals surface area contributed by atoms with E-state index in [4.69, 9.17) is 21.1 Å². The molecule has 0 aliphatic heterocycles. The molecular weight excluding hydrogens is 428 g/mol. The normalized spacial score (nSPS) is 11.5. The number of hydrogen-bond donors (Lipinski definition) is 2. The van der Waals surface area contributed by atoms with Gasteiger partial charge in [-0.1, -0.05) is 11.6 Å². The van der Waals surface area contributed by atoms with Crippen molar-refractivity contribution < 1.29 is 24.0 Å². The zero-order chi connectivity index (χ0) is 23.1. The second-order valence-corrected chi connectivity index (χ2v) is 7.05. The first-order valence-electron chi connectivity index (χ1n) is 9.13. The Labute approximate surface area is 184 Å². The van der Waals surface area contributed by atoms with Crippen molar-refractivity contribution in [3.63, 3.8) is 0 Å². The van der Waals surface area contributed by atoms with Crippen LogP contribution < -0.4 is 20.1 Å². The van der Waals surface area contributed by atoms with Crippen LogP contribution in [0.15, 0.2) is 36.4 Å². The summed E-state index contributed by atoms with van der Waals surface area (Å²) in [5.74, 6) is -0.117. The molecule has 0 aromatic heterocycles. The number of hydrogen-bond acceptors (Lipinski definition) is 7. The van der Waals surface area contributed by atoms with Crippen molar-refractivity contribution >= 4 is 40.5 Å². The van der Waals surface area contributed by atoms with Crippen LogP contribution >= 0.6 is 11.6 Å². The average Bonchev–Trinajstić information content (AvgIpc) is 2.73. The summed E-state index contributed by atoms with van der Waals surface area (Å²) >= 11 is 5.96. The van der Waals surface area contributed by atoms with Crippen LogP contribution in [0.5, 0.6) is 11.5 Å². The second kappa shape index (κ2) is 10.6. The number of ether oxygens (including phenoxy) is 2. The molecule has 0 aliphatic rings. The van der Waals surface area contributed by atoms with Gasteiger partial charge in [0.1, 0.15) is 11.5 Å². The number of amides is 2. The van der Waals surface area contributed by atoms with Gasteiger partial charge in [0.05, 0.1) is 43.1 Å². The molecule has 2 rings (SSSR count). The summed E-state index contributed by atoms with van der Waals surface area (Å²) in [7, 11) is 4.46. The van der Waals surface area contributed by atoms with Crippen LogP contribution in [-0.2, 0) is 9.59 Å². The standard InChI is InChI=1S/C20H23ClN4O6/c1-12(20(27)23-16-10-14(25(28)29)6-8-18(16)31-4)24(2)11-19(26)22-15-9-13(21)5-7-17(15)30-3/h5-10,12H,11H2,1-4H3,(H,22,26)(H,23,27). The Morgan fingerprint density at radius 2 is 1.68 bits per heavy atom. The number of halogens is 1. The first-order chi connectivity index (χ1) is 14.7. The van der Waals surface area contributed by atoms with Gasteiger partial charge in [0.15, 0.2) is 0 Å². The molecule has 0 saturated carbocycles. The smallest absolute Gasteiger partial charge is 0.271 e. The molecule has 31 heavy (non-hydrogen) atoms. The van der Waals surface area contributed by atoms with Crippen molar-refractivity contribution in [2.24, 2.45) is 0 Å². The van der Waals surface area contributed by atoms with Gasteiger partial charge in [0, 0.05) is 17.2 Å². The van der Waals surface area contributed by atoms with Crippen LogP contribution in [0.25, 0.3) is 0 Å². The Balaban J connectivity index is 2.04. The first kappa shape index (κ1) is 23.9. The average molecular weight is 451 g/mol. The van der Waals surface area contributed by atoms with Gasteiger partial charge in [-0.15, -0.1) is 0 Å². The zero-order valence-corrected chi connectivity index (χ0v) is 18.2. The van der Waals surface area contributed by atoms with Crippen molar-refractivity contribution in [1.82, 2.24) is 4.90 Å². The van der Waals surface area contributed by atoms with Gasteiger partial charge in [-0.3, -0.25) is 24.6 Å². The number of non-ortho nitro benzene ring substituents is 1. The minimum Gasteiger partial charge on any atom is -0.495 e. The van der Waals surface area contributed by atoms with Gasteiger partial charge in [0.2, 0.25) is 11.8 Å². The molecule has 0 bridgehead atoms. The molecule has 2 aromatic carbocycles. The van der Waals surface area contributed by atoms with E-state index in [0.717, 1.165) is 0 Å². The highest BCUT2D eigenvalue weighted by atomic mass is 35.5. The highest BCUT2D eigenvalue weighted by molar-refractivity contribution is 6.31. The first-order valence-corrected chi connectivity index (χ1v) is 9.51. The summed E-state index contributed by atoms with van der Waals surface area (Å²) in [4.78, 5) is 37.0. The van der Waals surface area contributed by atoms with E-state index in [1.165, 1.54) is 37.3 Å². The molecule has 11 heteroatoms. The lowest BCUT2D eigenvalue weighted by Crippen LogP contribution is -2.43. The lowest BCUT2D eigenvalue weighted by Gasteiger charge is -2.24. The number of carbonyl (C=O) groups excluding carboxylic acids is 2. The Bertz CT molecular complexity index is 984. The molecule has 166 valence electrons. The van der Waals surface area contributed by atoms with E-state index in [1.807, 2.05) is 0 Å². The quantitative estimate of drug-likeness (QED) is 0.444. The minimum atomic E-state index is -0.726. The van der Waals surface area contributed by atoms with Crippen molar-refractivity contribution in [2.75, 3.05) is 38.4 Å². The van der Waals surface area contributed by atoms with Gasteiger partial charge in [-0.25, -0.2) is 0 Å². The predicted molar refractivity (Wildman–Crippen MR) is 117 cm³/mol. The maximum Gasteiger partial charge on any atom is 0.271 e. The van der Waals surface area contributed by atoms with Crippen molar-refractivity contribution in [1.29, 1.82) is 0 Å². The van der Waals surface area contributed by atoms with Crippen molar-refractivity contribution in [2.45, 2.75) is 13.0 Å². The van der Waals surface area contributed by atoms with E-state index >= 15 is 0 Å². The van der Waals surface area contributed by atoms with Gasteiger partial charge >= 0.3 is 0 Å². The lowest BCUT2D eigenvalue weighted by molar-refractivity contribution is -0.384. The molecule has 1 unspecified atom stereocenters. The van der Waals surface area contributed by atoms with Crippen LogP contribution in [0, 0.1) is 10.1 Å². The van der Waals surface area contributed by atoms with E-state index in [-0.39, 0.29) is 29.6 Å². The molecule has 0 radical (unpaired) electrons. The number of likely N-dealkylation sites (N-methyl/N-ethyl adjacent to an activating group) is 1. The summed E-state index contributed by atoms with van der Waals surface area (Å²) in [6.45, 7) is 1.50. The van der Waals surface area contributed by atoms with E-state index < -0.39 is 16.9 Å². The number of nitrogens with one attached hydrogen (secondary N) is 2. The number of methoxy groups -OCH3 is 2. The van der Waals surface area contributed by atoms with Gasteiger partial charge < -0.3 is 20.1 Å². The third-order valence-electron chi connectivity index (χ3n) is 4.52. The molecule has 10 nitrogen and oxygen atoms in total. The highest BCUT2D eigenvalue weighted by Crippen LogP contribution is 2.29. The molecule has 0 saturated heterocycles. The molecule has 0 heterocycles. The van der Waals surface area contributed by atoms with Crippen molar-refractivity contribution in [3.8, 4) is 11.5 Å². The van der Waals surface area contributed by atoms with Gasteiger partial charge in [-0.2, -0.15) is 0 Å². The molecular formula is C20H23ClN4O6. The Hall–Kier alpha value is -3.37. The monoisotopic (exact) mass is 450 g/mol. The summed E-state index contributed by atoms with van der Waals surface area (Å²) in [6, 6.07) is 7.98. The lowest BCUT2D eigenvalue weighted by atomic mass is 10.2. The minimum absolute atomic E-state index is 0.101. The summed E-state index contributed by atoms with van der Waals surface area (Å²) in [6.07, 6.45) is 0. The molecule has 2 aromatic rings. The number of rotatable bonds is 9. The summed E-state index contributed by atoms with van der Waals surface area (Å²) < 4.78 is 10.3. The fraction of sp³-hybridized carbons (Fsp3) is 0.300. The Morgan fingerprint density at radius 1 is 1.10 bits per heavy atom. The molecule has 2 N–H and O–H groups in total. The third kappa shape index (κ3) is 6.30. The SMILES string of the molecule is COc1ccc(Cl)cc1NC(=O)CN(C)C(C)C(=O)Nc1cc([N+](=O)[O-])ccc1OC. The molecule has 0 spiro atoms. The molecule has 0 fully saturated rings. The second-order valence-electron chi connectivity index (χ2n) is 6.61. The predicted octanol–water partition coefficient (Wildman–Crippen LogP) is 3.16. The number of nitro benzene ring substituents is 1. The number of nitro groups is 1. The van der Waals surface area contributed by atoms with Gasteiger partial charge in [0.25, 0.3) is 5.69 Å². The van der Waals surface area contributed by atoms with Crippen molar-refractivity contribution in [3.05, 3.63) is 51.5 Å². The number of carbonyl (C=O) groups is 2. The van der Waals surface area contributed by atoms with E-state index in [0.29, 0.717) is 16.5 Å². The molecule has 1 atom stereocenters. The van der Waals surface area contributed by atoms with Crippen LogP contribution in [-0.4, -0.2) is 55.5 Å². The topological polar surface area (TPSA) is 123 Å².